The number of hydrogen-bond donors (Lipinski definition) is 4. The van der Waals surface area contributed by atoms with E-state index in [0.717, 1.165) is 0 Å². The highest BCUT2D eigenvalue weighted by Gasteiger charge is 2.15. The van der Waals surface area contributed by atoms with Gasteiger partial charge in [0.15, 0.2) is 5.65 Å². The van der Waals surface area contributed by atoms with Crippen LogP contribution in [0.25, 0.3) is 22.2 Å². The summed E-state index contributed by atoms with van der Waals surface area (Å²) in [4.78, 5) is 31.8. The summed E-state index contributed by atoms with van der Waals surface area (Å²) in [6.07, 6.45) is 3.52. The van der Waals surface area contributed by atoms with Gasteiger partial charge in [0.1, 0.15) is 0 Å². The van der Waals surface area contributed by atoms with Gasteiger partial charge in [-0.2, -0.15) is 10.1 Å². The summed E-state index contributed by atoms with van der Waals surface area (Å²) < 4.78 is 1.28. The van der Waals surface area contributed by atoms with Crippen molar-refractivity contribution in [3.63, 3.8) is 0 Å². The second-order valence-corrected chi connectivity index (χ2v) is 5.50. The lowest BCUT2D eigenvalue weighted by molar-refractivity contribution is -0.137. The van der Waals surface area contributed by atoms with Crippen molar-refractivity contribution >= 4 is 23.0 Å². The van der Waals surface area contributed by atoms with E-state index in [0.29, 0.717) is 40.8 Å². The minimum atomic E-state index is -0.895. The van der Waals surface area contributed by atoms with Crippen molar-refractivity contribution in [2.45, 2.75) is 19.8 Å². The van der Waals surface area contributed by atoms with E-state index in [1.807, 2.05) is 0 Å². The SMILES string of the molecule is Cc1nc(N)nc2c1cc(-c1cn[nH]c1)c(=O)n2NCCCC(=O)O. The summed E-state index contributed by atoms with van der Waals surface area (Å²) in [5, 5.41) is 15.9. The number of carboxylic acids is 1. The van der Waals surface area contributed by atoms with Crippen molar-refractivity contribution in [3.05, 3.63) is 34.5 Å². The number of nitrogens with one attached hydrogen (secondary N) is 2. The molecule has 5 N–H and O–H groups in total. The summed E-state index contributed by atoms with van der Waals surface area (Å²) in [6.45, 7) is 2.07. The zero-order valence-electron chi connectivity index (χ0n) is 13.5. The molecule has 0 fully saturated rings. The van der Waals surface area contributed by atoms with Gasteiger partial charge in [0.25, 0.3) is 5.56 Å². The molecule has 0 spiro atoms. The van der Waals surface area contributed by atoms with Crippen molar-refractivity contribution in [3.8, 4) is 11.1 Å². The Hall–Kier alpha value is -3.43. The van der Waals surface area contributed by atoms with Crippen LogP contribution in [0.15, 0.2) is 23.3 Å². The highest BCUT2D eigenvalue weighted by molar-refractivity contribution is 5.84. The lowest BCUT2D eigenvalue weighted by Gasteiger charge is -2.14. The van der Waals surface area contributed by atoms with E-state index in [1.54, 1.807) is 25.4 Å². The lowest BCUT2D eigenvalue weighted by atomic mass is 10.1. The second-order valence-electron chi connectivity index (χ2n) is 5.50. The lowest BCUT2D eigenvalue weighted by Crippen LogP contribution is -2.32. The molecular formula is C15H17N7O3. The third-order valence-electron chi connectivity index (χ3n) is 3.71. The molecule has 0 aliphatic carbocycles. The minimum absolute atomic E-state index is 0.00272. The number of H-pyrrole nitrogens is 1. The van der Waals surface area contributed by atoms with Crippen LogP contribution in [0.5, 0.6) is 0 Å². The first-order valence-corrected chi connectivity index (χ1v) is 7.62. The van der Waals surface area contributed by atoms with Crippen LogP contribution in [-0.2, 0) is 4.79 Å². The number of carbonyl (C=O) groups is 1. The molecule has 3 aromatic rings. The molecule has 3 rings (SSSR count). The van der Waals surface area contributed by atoms with Crippen molar-refractivity contribution in [1.29, 1.82) is 0 Å². The molecule has 0 saturated heterocycles. The number of aryl methyl sites for hydroxylation is 1. The van der Waals surface area contributed by atoms with Gasteiger partial charge < -0.3 is 16.3 Å². The first kappa shape index (κ1) is 16.4. The van der Waals surface area contributed by atoms with E-state index in [9.17, 15) is 9.59 Å². The van der Waals surface area contributed by atoms with E-state index in [2.05, 4.69) is 25.6 Å². The molecule has 10 nitrogen and oxygen atoms in total. The van der Waals surface area contributed by atoms with Crippen molar-refractivity contribution in [2.24, 2.45) is 0 Å². The summed E-state index contributed by atoms with van der Waals surface area (Å²) >= 11 is 0. The highest BCUT2D eigenvalue weighted by atomic mass is 16.4. The molecule has 130 valence electrons. The fourth-order valence-corrected chi connectivity index (χ4v) is 2.53. The Labute approximate surface area is 141 Å². The van der Waals surface area contributed by atoms with Gasteiger partial charge in [-0.25, -0.2) is 9.66 Å². The molecule has 0 bridgehead atoms. The maximum atomic E-state index is 12.9. The smallest absolute Gasteiger partial charge is 0.303 e. The normalized spacial score (nSPS) is 10.9. The number of nitrogens with two attached hydrogens (primary N) is 1. The summed E-state index contributed by atoms with van der Waals surface area (Å²) in [6, 6.07) is 1.70. The Morgan fingerprint density at radius 1 is 1.44 bits per heavy atom. The predicted molar refractivity (Wildman–Crippen MR) is 91.6 cm³/mol. The third-order valence-corrected chi connectivity index (χ3v) is 3.71. The number of pyridine rings is 1. The standard InChI is InChI=1S/C15H17N7O3/c1-8-10-5-11(9-6-17-18-7-9)14(25)22(13(10)21-15(16)20-8)19-4-2-3-12(23)24/h5-7,19H,2-4H2,1H3,(H,17,18)(H,23,24)(H2,16,20,21). The van der Waals surface area contributed by atoms with Crippen LogP contribution < -0.4 is 16.7 Å². The summed E-state index contributed by atoms with van der Waals surface area (Å²) in [5.41, 5.74) is 10.3. The Morgan fingerprint density at radius 3 is 2.92 bits per heavy atom. The van der Waals surface area contributed by atoms with Gasteiger partial charge in [-0.3, -0.25) is 14.7 Å². The summed E-state index contributed by atoms with van der Waals surface area (Å²) in [7, 11) is 0. The number of nitrogen functional groups attached to an aromatic ring is 1. The fraction of sp³-hybridized carbons (Fsp3) is 0.267. The first-order valence-electron chi connectivity index (χ1n) is 7.62. The maximum Gasteiger partial charge on any atom is 0.303 e. The molecule has 0 radical (unpaired) electrons. The number of nitrogens with zero attached hydrogens (tertiary/aromatic N) is 4. The zero-order valence-corrected chi connectivity index (χ0v) is 13.5. The number of anilines is 1. The largest absolute Gasteiger partial charge is 0.481 e. The number of carboxylic acid groups (broad SMARTS) is 1. The minimum Gasteiger partial charge on any atom is -0.481 e. The van der Waals surface area contributed by atoms with Crippen LogP contribution in [0.2, 0.25) is 0 Å². The van der Waals surface area contributed by atoms with Crippen LogP contribution in [-0.4, -0.2) is 42.5 Å². The van der Waals surface area contributed by atoms with Gasteiger partial charge in [-0.15, -0.1) is 0 Å². The third kappa shape index (κ3) is 3.27. The van der Waals surface area contributed by atoms with Crippen LogP contribution in [0.3, 0.4) is 0 Å². The molecule has 0 aliphatic rings. The Bertz CT molecular complexity index is 979. The van der Waals surface area contributed by atoms with E-state index >= 15 is 0 Å². The number of aromatic nitrogens is 5. The van der Waals surface area contributed by atoms with E-state index < -0.39 is 5.97 Å². The fourth-order valence-electron chi connectivity index (χ4n) is 2.53. The average molecular weight is 343 g/mol. The molecular weight excluding hydrogens is 326 g/mol. The molecule has 0 atom stereocenters. The Kier molecular flexibility index (Phi) is 4.33. The molecule has 0 saturated carbocycles. The number of aromatic amines is 1. The molecule has 25 heavy (non-hydrogen) atoms. The van der Waals surface area contributed by atoms with Crippen molar-refractivity contribution < 1.29 is 9.90 Å². The van der Waals surface area contributed by atoms with Crippen LogP contribution >= 0.6 is 0 Å². The number of fused-ring (bicyclic) bond motifs is 1. The molecule has 0 amide bonds. The predicted octanol–water partition coefficient (Wildman–Crippen LogP) is 0.481. The Morgan fingerprint density at radius 2 is 2.24 bits per heavy atom. The van der Waals surface area contributed by atoms with Crippen LogP contribution in [0.4, 0.5) is 5.95 Å². The quantitative estimate of drug-likeness (QED) is 0.472. The molecule has 10 heteroatoms. The number of hydrogen-bond acceptors (Lipinski definition) is 7. The van der Waals surface area contributed by atoms with Crippen molar-refractivity contribution in [1.82, 2.24) is 24.8 Å². The van der Waals surface area contributed by atoms with E-state index in [1.165, 1.54) is 4.68 Å². The first-order chi connectivity index (χ1) is 12.0. The van der Waals surface area contributed by atoms with Gasteiger partial charge in [-0.1, -0.05) is 0 Å². The van der Waals surface area contributed by atoms with E-state index in [4.69, 9.17) is 10.8 Å². The topological polar surface area (TPSA) is 152 Å². The molecule has 0 aliphatic heterocycles. The number of aliphatic carboxylic acids is 1. The molecule has 0 unspecified atom stereocenters. The van der Waals surface area contributed by atoms with Gasteiger partial charge in [0.05, 0.1) is 17.5 Å². The monoisotopic (exact) mass is 343 g/mol. The number of rotatable bonds is 6. The maximum absolute atomic E-state index is 12.9. The van der Waals surface area contributed by atoms with Crippen LogP contribution in [0, 0.1) is 6.92 Å². The zero-order chi connectivity index (χ0) is 18.0. The van der Waals surface area contributed by atoms with Gasteiger partial charge in [0, 0.05) is 30.1 Å². The summed E-state index contributed by atoms with van der Waals surface area (Å²) in [5.74, 6) is -0.838. The van der Waals surface area contributed by atoms with Gasteiger partial charge in [-0.05, 0) is 19.4 Å². The van der Waals surface area contributed by atoms with Crippen LogP contribution in [0.1, 0.15) is 18.5 Å². The van der Waals surface area contributed by atoms with Crippen molar-refractivity contribution in [2.75, 3.05) is 17.7 Å². The second kappa shape index (κ2) is 6.59. The molecule has 0 aromatic carbocycles. The van der Waals surface area contributed by atoms with Gasteiger partial charge >= 0.3 is 5.97 Å². The average Bonchev–Trinajstić information content (AvgIpc) is 3.06. The van der Waals surface area contributed by atoms with Gasteiger partial charge in [0.2, 0.25) is 5.95 Å². The molecule has 3 aromatic heterocycles. The highest BCUT2D eigenvalue weighted by Crippen LogP contribution is 2.21. The Balaban J connectivity index is 2.12. The van der Waals surface area contributed by atoms with E-state index in [-0.39, 0.29) is 17.9 Å². The molecule has 3 heterocycles.